The zero-order valence-corrected chi connectivity index (χ0v) is 13.3. The van der Waals surface area contributed by atoms with Crippen molar-refractivity contribution < 1.29 is 18.8 Å². The van der Waals surface area contributed by atoms with Gasteiger partial charge in [-0.3, -0.25) is 14.9 Å². The lowest BCUT2D eigenvalue weighted by molar-refractivity contribution is -0.135. The van der Waals surface area contributed by atoms with Crippen molar-refractivity contribution in [1.29, 1.82) is 0 Å². The maximum Gasteiger partial charge on any atom is 0.322 e. The maximum atomic E-state index is 13.2. The van der Waals surface area contributed by atoms with Crippen molar-refractivity contribution in [2.24, 2.45) is 5.92 Å². The summed E-state index contributed by atoms with van der Waals surface area (Å²) in [6.45, 7) is 1.25. The van der Waals surface area contributed by atoms with Crippen LogP contribution in [-0.2, 0) is 16.0 Å². The zero-order valence-electron chi connectivity index (χ0n) is 13.3. The van der Waals surface area contributed by atoms with Gasteiger partial charge >= 0.3 is 6.03 Å². The smallest absolute Gasteiger partial charge is 0.322 e. The molecule has 1 atom stereocenters. The largest absolute Gasteiger partial charge is 0.343 e. The average Bonchev–Trinajstić information content (AvgIpc) is 2.85. The van der Waals surface area contributed by atoms with E-state index in [1.54, 1.807) is 17.0 Å². The number of urea groups is 1. The van der Waals surface area contributed by atoms with Gasteiger partial charge in [-0.25, -0.2) is 9.18 Å². The number of carbonyl (C=O) groups is 3. The van der Waals surface area contributed by atoms with E-state index in [-0.39, 0.29) is 18.1 Å². The second-order valence-corrected chi connectivity index (χ2v) is 6.38. The maximum absolute atomic E-state index is 13.2. The number of carbonyl (C=O) groups excluding carboxylic acids is 3. The number of benzene rings is 1. The molecule has 24 heavy (non-hydrogen) atoms. The summed E-state index contributed by atoms with van der Waals surface area (Å²) in [5, 5.41) is 4.56. The van der Waals surface area contributed by atoms with Crippen LogP contribution in [-0.4, -0.2) is 41.9 Å². The summed E-state index contributed by atoms with van der Waals surface area (Å²) in [5.41, 5.74) is 0.977. The van der Waals surface area contributed by atoms with Crippen LogP contribution in [0.3, 0.4) is 0 Å². The Bertz CT molecular complexity index is 656. The molecule has 0 saturated carbocycles. The third-order valence-electron chi connectivity index (χ3n) is 4.62. The Kier molecular flexibility index (Phi) is 4.78. The summed E-state index contributed by atoms with van der Waals surface area (Å²) >= 11 is 0. The number of nitrogens with one attached hydrogen (secondary N) is 2. The van der Waals surface area contributed by atoms with Crippen LogP contribution < -0.4 is 10.6 Å². The number of nitrogens with zero attached hydrogens (tertiary/aromatic N) is 1. The van der Waals surface area contributed by atoms with Crippen LogP contribution in [0.25, 0.3) is 0 Å². The molecule has 4 amide bonds. The highest BCUT2D eigenvalue weighted by Gasteiger charge is 2.33. The van der Waals surface area contributed by atoms with Crippen molar-refractivity contribution in [1.82, 2.24) is 15.5 Å². The number of hydrogen-bond acceptors (Lipinski definition) is 3. The molecule has 0 aliphatic carbocycles. The van der Waals surface area contributed by atoms with Crippen LogP contribution in [0, 0.1) is 11.7 Å². The van der Waals surface area contributed by atoms with Crippen molar-refractivity contribution in [2.45, 2.75) is 31.7 Å². The molecule has 0 unspecified atom stereocenters. The van der Waals surface area contributed by atoms with Crippen molar-refractivity contribution >= 4 is 17.8 Å². The predicted octanol–water partition coefficient (Wildman–Crippen LogP) is 1.20. The number of halogens is 1. The number of amides is 4. The van der Waals surface area contributed by atoms with Crippen molar-refractivity contribution in [3.63, 3.8) is 0 Å². The Balaban J connectivity index is 1.47. The lowest BCUT2D eigenvalue weighted by Gasteiger charge is -2.32. The Morgan fingerprint density at radius 3 is 2.62 bits per heavy atom. The topological polar surface area (TPSA) is 78.5 Å². The zero-order chi connectivity index (χ0) is 17.1. The molecule has 1 aromatic carbocycles. The summed E-state index contributed by atoms with van der Waals surface area (Å²) in [7, 11) is 0. The van der Waals surface area contributed by atoms with Crippen molar-refractivity contribution in [3.8, 4) is 0 Å². The fraction of sp³-hybridized carbons (Fsp3) is 0.471. The van der Waals surface area contributed by atoms with Crippen LogP contribution >= 0.6 is 0 Å². The highest BCUT2D eigenvalue weighted by molar-refractivity contribution is 6.05. The number of piperidine rings is 1. The van der Waals surface area contributed by atoms with Crippen molar-refractivity contribution in [3.05, 3.63) is 35.6 Å². The fourth-order valence-corrected chi connectivity index (χ4v) is 3.29. The molecule has 2 aliphatic heterocycles. The molecule has 1 aromatic rings. The van der Waals surface area contributed by atoms with E-state index >= 15 is 0 Å². The molecule has 6 nitrogen and oxygen atoms in total. The SMILES string of the molecule is O=C1NC(=O)[C@@H](CC(=O)N2CCC(Cc3cccc(F)c3)CC2)N1. The summed E-state index contributed by atoms with van der Waals surface area (Å²) in [5.74, 6) is -0.377. The first-order chi connectivity index (χ1) is 11.5. The van der Waals surface area contributed by atoms with Gasteiger partial charge in [-0.15, -0.1) is 0 Å². The highest BCUT2D eigenvalue weighted by atomic mass is 19.1. The van der Waals surface area contributed by atoms with Crippen molar-refractivity contribution in [2.75, 3.05) is 13.1 Å². The van der Waals surface area contributed by atoms with E-state index in [0.29, 0.717) is 19.0 Å². The van der Waals surface area contributed by atoms with Gasteiger partial charge in [0, 0.05) is 13.1 Å². The van der Waals surface area contributed by atoms with E-state index in [9.17, 15) is 18.8 Å². The van der Waals surface area contributed by atoms with Gasteiger partial charge < -0.3 is 10.2 Å². The van der Waals surface area contributed by atoms with E-state index in [0.717, 1.165) is 24.8 Å². The van der Waals surface area contributed by atoms with E-state index in [2.05, 4.69) is 10.6 Å². The minimum absolute atomic E-state index is 0.00780. The summed E-state index contributed by atoms with van der Waals surface area (Å²) < 4.78 is 13.2. The number of likely N-dealkylation sites (tertiary alicyclic amines) is 1. The molecule has 0 spiro atoms. The molecule has 3 rings (SSSR count). The number of imide groups is 1. The van der Waals surface area contributed by atoms with E-state index in [4.69, 9.17) is 0 Å². The molecule has 7 heteroatoms. The molecular formula is C17H20FN3O3. The third-order valence-corrected chi connectivity index (χ3v) is 4.62. The van der Waals surface area contributed by atoms with Gasteiger partial charge in [0.05, 0.1) is 6.42 Å². The van der Waals surface area contributed by atoms with Crippen LogP contribution in [0.1, 0.15) is 24.8 Å². The molecule has 2 fully saturated rings. The van der Waals surface area contributed by atoms with E-state index in [1.165, 1.54) is 6.07 Å². The van der Waals surface area contributed by atoms with Gasteiger partial charge in [-0.2, -0.15) is 0 Å². The first-order valence-electron chi connectivity index (χ1n) is 8.15. The average molecular weight is 333 g/mol. The minimum atomic E-state index is -0.769. The van der Waals surface area contributed by atoms with Crippen LogP contribution in [0.5, 0.6) is 0 Å². The molecule has 2 aliphatic rings. The van der Waals surface area contributed by atoms with Gasteiger partial charge in [-0.1, -0.05) is 12.1 Å². The summed E-state index contributed by atoms with van der Waals surface area (Å²) in [6, 6.07) is 5.30. The van der Waals surface area contributed by atoms with Crippen LogP contribution in [0.15, 0.2) is 24.3 Å². The third kappa shape index (κ3) is 3.90. The highest BCUT2D eigenvalue weighted by Crippen LogP contribution is 2.22. The molecule has 0 radical (unpaired) electrons. The fourth-order valence-electron chi connectivity index (χ4n) is 3.29. The molecular weight excluding hydrogens is 313 g/mol. The number of rotatable bonds is 4. The standard InChI is InChI=1S/C17H20FN3O3/c18-13-3-1-2-12(9-13)8-11-4-6-21(7-5-11)15(22)10-14-16(23)20-17(24)19-14/h1-3,9,11,14H,4-8,10H2,(H2,19,20,23,24)/t14-/m1/s1. The Morgan fingerprint density at radius 2 is 2.00 bits per heavy atom. The monoisotopic (exact) mass is 333 g/mol. The van der Waals surface area contributed by atoms with Crippen LogP contribution in [0.4, 0.5) is 9.18 Å². The van der Waals surface area contributed by atoms with Gasteiger partial charge in [0.1, 0.15) is 11.9 Å². The quantitative estimate of drug-likeness (QED) is 0.813. The van der Waals surface area contributed by atoms with E-state index < -0.39 is 18.0 Å². The first kappa shape index (κ1) is 16.4. The molecule has 128 valence electrons. The Labute approximate surface area is 139 Å². The summed E-state index contributed by atoms with van der Waals surface area (Å²) in [6.07, 6.45) is 2.50. The molecule has 2 heterocycles. The minimum Gasteiger partial charge on any atom is -0.343 e. The van der Waals surface area contributed by atoms with Gasteiger partial charge in [-0.05, 0) is 42.9 Å². The predicted molar refractivity (Wildman–Crippen MR) is 84.5 cm³/mol. The van der Waals surface area contributed by atoms with Gasteiger partial charge in [0.2, 0.25) is 5.91 Å². The Morgan fingerprint density at radius 1 is 1.25 bits per heavy atom. The lowest BCUT2D eigenvalue weighted by atomic mass is 9.90. The van der Waals surface area contributed by atoms with Gasteiger partial charge in [0.25, 0.3) is 5.91 Å². The summed E-state index contributed by atoms with van der Waals surface area (Å²) in [4.78, 5) is 36.6. The lowest BCUT2D eigenvalue weighted by Crippen LogP contribution is -2.42. The normalized spacial score (nSPS) is 21.5. The number of hydrogen-bond donors (Lipinski definition) is 2. The second kappa shape index (κ2) is 6.98. The van der Waals surface area contributed by atoms with Gasteiger partial charge in [0.15, 0.2) is 0 Å². The molecule has 0 bridgehead atoms. The first-order valence-corrected chi connectivity index (χ1v) is 8.15. The molecule has 0 aromatic heterocycles. The molecule has 2 saturated heterocycles. The second-order valence-electron chi connectivity index (χ2n) is 6.38. The van der Waals surface area contributed by atoms with E-state index in [1.807, 2.05) is 6.07 Å². The molecule has 2 N–H and O–H groups in total. The van der Waals surface area contributed by atoms with Crippen LogP contribution in [0.2, 0.25) is 0 Å². The Hall–Kier alpha value is -2.44.